The van der Waals surface area contributed by atoms with Crippen molar-refractivity contribution in [1.82, 2.24) is 10.6 Å². The van der Waals surface area contributed by atoms with Crippen LogP contribution in [0.2, 0.25) is 0 Å². The first-order chi connectivity index (χ1) is 17.0. The molecule has 7 heteroatoms. The van der Waals surface area contributed by atoms with E-state index in [1.165, 1.54) is 0 Å². The fourth-order valence-corrected chi connectivity index (χ4v) is 4.85. The van der Waals surface area contributed by atoms with Gasteiger partial charge in [0.05, 0.1) is 0 Å². The Morgan fingerprint density at radius 1 is 0.657 bits per heavy atom. The van der Waals surface area contributed by atoms with Crippen LogP contribution in [0.15, 0.2) is 78.9 Å². The average Bonchev–Trinajstić information content (AvgIpc) is 2.88. The maximum absolute atomic E-state index is 13.0. The minimum absolute atomic E-state index is 0.319. The van der Waals surface area contributed by atoms with Crippen molar-refractivity contribution in [3.8, 4) is 28.4 Å². The van der Waals surface area contributed by atoms with E-state index in [1.807, 2.05) is 54.6 Å². The number of ether oxygens (including phenoxy) is 2. The third-order valence-electron chi connectivity index (χ3n) is 6.59. The molecule has 0 atom stereocenters. The van der Waals surface area contributed by atoms with Crippen LogP contribution in [0.4, 0.5) is 4.79 Å². The molecule has 0 radical (unpaired) electrons. The molecule has 2 fully saturated rings. The number of hydrogen-bond donors (Lipinski definition) is 2. The van der Waals surface area contributed by atoms with Crippen molar-refractivity contribution in [1.29, 1.82) is 0 Å². The van der Waals surface area contributed by atoms with Gasteiger partial charge in [-0.15, -0.1) is 0 Å². The summed E-state index contributed by atoms with van der Waals surface area (Å²) in [6, 6.07) is 23.8. The van der Waals surface area contributed by atoms with Crippen LogP contribution in [0.1, 0.15) is 32.1 Å². The number of rotatable bonds is 6. The standard InChI is InChI=1S/C28H26N2O5/c31-25-28(21-11-5-2-6-12-21,26(32)30-27(33)29-25)35-23-16-14-22(15-17-23)34-24-13-7-10-20(18-24)19-8-3-1-4-9-19/h1,3-4,7-10,13-18,21H,2,5-6,11-12H2,(H2,29,30,31,32,33). The van der Waals surface area contributed by atoms with Crippen molar-refractivity contribution >= 4 is 17.8 Å². The smallest absolute Gasteiger partial charge is 0.328 e. The predicted molar refractivity (Wildman–Crippen MR) is 130 cm³/mol. The highest BCUT2D eigenvalue weighted by molar-refractivity contribution is 6.22. The van der Waals surface area contributed by atoms with Crippen molar-refractivity contribution < 1.29 is 23.9 Å². The van der Waals surface area contributed by atoms with Crippen LogP contribution in [0.25, 0.3) is 11.1 Å². The summed E-state index contributed by atoms with van der Waals surface area (Å²) in [5, 5.41) is 4.44. The van der Waals surface area contributed by atoms with Crippen molar-refractivity contribution in [2.24, 2.45) is 5.92 Å². The second-order valence-electron chi connectivity index (χ2n) is 8.88. The topological polar surface area (TPSA) is 93.7 Å². The van der Waals surface area contributed by atoms with Crippen LogP contribution in [0.3, 0.4) is 0 Å². The van der Waals surface area contributed by atoms with E-state index in [0.29, 0.717) is 30.1 Å². The number of amides is 4. The van der Waals surface area contributed by atoms with Crippen molar-refractivity contribution in [3.63, 3.8) is 0 Å². The summed E-state index contributed by atoms with van der Waals surface area (Å²) in [7, 11) is 0. The van der Waals surface area contributed by atoms with Gasteiger partial charge in [0.25, 0.3) is 17.4 Å². The lowest BCUT2D eigenvalue weighted by atomic mass is 9.75. The largest absolute Gasteiger partial charge is 0.467 e. The number of benzene rings is 3. The van der Waals surface area contributed by atoms with E-state index >= 15 is 0 Å². The molecule has 0 aromatic heterocycles. The van der Waals surface area contributed by atoms with E-state index in [1.54, 1.807) is 24.3 Å². The molecule has 1 heterocycles. The summed E-state index contributed by atoms with van der Waals surface area (Å²) in [4.78, 5) is 37.6. The minimum atomic E-state index is -1.78. The highest BCUT2D eigenvalue weighted by Gasteiger charge is 2.58. The van der Waals surface area contributed by atoms with E-state index < -0.39 is 23.4 Å². The molecule has 3 aromatic carbocycles. The Balaban J connectivity index is 1.35. The van der Waals surface area contributed by atoms with Crippen LogP contribution >= 0.6 is 0 Å². The molecule has 35 heavy (non-hydrogen) atoms. The van der Waals surface area contributed by atoms with E-state index in [0.717, 1.165) is 30.4 Å². The zero-order valence-corrected chi connectivity index (χ0v) is 19.2. The molecule has 1 saturated heterocycles. The number of hydrogen-bond acceptors (Lipinski definition) is 5. The van der Waals surface area contributed by atoms with E-state index in [2.05, 4.69) is 10.6 Å². The molecule has 2 N–H and O–H groups in total. The van der Waals surface area contributed by atoms with E-state index in [-0.39, 0.29) is 5.92 Å². The Bertz CT molecular complexity index is 1210. The zero-order valence-electron chi connectivity index (χ0n) is 19.2. The predicted octanol–water partition coefficient (Wildman–Crippen LogP) is 5.21. The van der Waals surface area contributed by atoms with E-state index in [9.17, 15) is 14.4 Å². The van der Waals surface area contributed by atoms with Gasteiger partial charge in [-0.1, -0.05) is 61.7 Å². The van der Waals surface area contributed by atoms with Gasteiger partial charge in [-0.05, 0) is 60.4 Å². The number of barbiturate groups is 1. The average molecular weight is 471 g/mol. The van der Waals surface area contributed by atoms with Gasteiger partial charge >= 0.3 is 6.03 Å². The Hall–Kier alpha value is -4.13. The first-order valence-electron chi connectivity index (χ1n) is 11.8. The second-order valence-corrected chi connectivity index (χ2v) is 8.88. The molecule has 2 aliphatic rings. The lowest BCUT2D eigenvalue weighted by Gasteiger charge is -2.41. The molecule has 4 amide bonds. The molecule has 0 unspecified atom stereocenters. The maximum atomic E-state index is 13.0. The summed E-state index contributed by atoms with van der Waals surface area (Å²) in [6.07, 6.45) is 4.20. The first kappa shape index (κ1) is 22.7. The Morgan fingerprint density at radius 3 is 1.97 bits per heavy atom. The van der Waals surface area contributed by atoms with Crippen LogP contribution in [0, 0.1) is 5.92 Å². The maximum Gasteiger partial charge on any atom is 0.328 e. The van der Waals surface area contributed by atoms with Crippen LogP contribution < -0.4 is 20.1 Å². The number of carbonyl (C=O) groups is 3. The molecule has 1 saturated carbocycles. The molecule has 5 rings (SSSR count). The number of urea groups is 1. The fourth-order valence-electron chi connectivity index (χ4n) is 4.85. The van der Waals surface area contributed by atoms with Gasteiger partial charge < -0.3 is 9.47 Å². The molecular weight excluding hydrogens is 444 g/mol. The molecular formula is C28H26N2O5. The second kappa shape index (κ2) is 9.62. The van der Waals surface area contributed by atoms with Crippen LogP contribution in [0.5, 0.6) is 17.2 Å². The fraction of sp³-hybridized carbons (Fsp3) is 0.250. The first-order valence-corrected chi connectivity index (χ1v) is 11.8. The number of imide groups is 2. The Labute approximate surface area is 203 Å². The summed E-state index contributed by atoms with van der Waals surface area (Å²) in [5.41, 5.74) is 0.361. The summed E-state index contributed by atoms with van der Waals surface area (Å²) in [6.45, 7) is 0. The SMILES string of the molecule is O=C1NC(=O)C(Oc2ccc(Oc3cccc(-c4ccccc4)c3)cc2)(C2CCCCC2)C(=O)N1. The monoisotopic (exact) mass is 470 g/mol. The quantitative estimate of drug-likeness (QED) is 0.483. The third-order valence-corrected chi connectivity index (χ3v) is 6.59. The van der Waals surface area contributed by atoms with Gasteiger partial charge in [-0.2, -0.15) is 0 Å². The van der Waals surface area contributed by atoms with Gasteiger partial charge in [0.2, 0.25) is 0 Å². The van der Waals surface area contributed by atoms with Crippen molar-refractivity contribution in [2.45, 2.75) is 37.7 Å². The van der Waals surface area contributed by atoms with Crippen molar-refractivity contribution in [3.05, 3.63) is 78.9 Å². The number of nitrogens with one attached hydrogen (secondary N) is 2. The van der Waals surface area contributed by atoms with Gasteiger partial charge in [-0.3, -0.25) is 20.2 Å². The van der Waals surface area contributed by atoms with Gasteiger partial charge in [0.15, 0.2) is 0 Å². The highest BCUT2D eigenvalue weighted by Crippen LogP contribution is 2.38. The molecule has 1 aliphatic carbocycles. The minimum Gasteiger partial charge on any atom is -0.467 e. The molecule has 0 bridgehead atoms. The normalized spacial score (nSPS) is 17.9. The van der Waals surface area contributed by atoms with Gasteiger partial charge in [0, 0.05) is 5.92 Å². The number of carbonyl (C=O) groups excluding carboxylic acids is 3. The van der Waals surface area contributed by atoms with Gasteiger partial charge in [-0.25, -0.2) is 4.79 Å². The molecule has 0 spiro atoms. The van der Waals surface area contributed by atoms with Crippen LogP contribution in [-0.2, 0) is 9.59 Å². The summed E-state index contributed by atoms with van der Waals surface area (Å²) in [5.74, 6) is -0.126. The zero-order chi connectivity index (χ0) is 24.3. The third kappa shape index (κ3) is 4.62. The lowest BCUT2D eigenvalue weighted by Crippen LogP contribution is -2.72. The van der Waals surface area contributed by atoms with E-state index in [4.69, 9.17) is 9.47 Å². The molecule has 3 aromatic rings. The van der Waals surface area contributed by atoms with Crippen LogP contribution in [-0.4, -0.2) is 23.4 Å². The summed E-state index contributed by atoms with van der Waals surface area (Å²) >= 11 is 0. The Morgan fingerprint density at radius 2 is 1.29 bits per heavy atom. The van der Waals surface area contributed by atoms with Crippen molar-refractivity contribution in [2.75, 3.05) is 0 Å². The molecule has 1 aliphatic heterocycles. The van der Waals surface area contributed by atoms with Gasteiger partial charge in [0.1, 0.15) is 17.2 Å². The highest BCUT2D eigenvalue weighted by atomic mass is 16.5. The Kier molecular flexibility index (Phi) is 6.23. The molecule has 178 valence electrons. The summed E-state index contributed by atoms with van der Waals surface area (Å²) < 4.78 is 12.1. The molecule has 7 nitrogen and oxygen atoms in total. The lowest BCUT2D eigenvalue weighted by molar-refractivity contribution is -0.158.